The molecular formula is C18H18N2. The van der Waals surface area contributed by atoms with Crippen molar-refractivity contribution in [3.05, 3.63) is 77.0 Å². The van der Waals surface area contributed by atoms with E-state index in [9.17, 15) is 0 Å². The minimum atomic E-state index is -0.122. The maximum absolute atomic E-state index is 6.52. The Morgan fingerprint density at radius 1 is 0.900 bits per heavy atom. The van der Waals surface area contributed by atoms with Crippen LogP contribution in [0.5, 0.6) is 0 Å². The lowest BCUT2D eigenvalue weighted by Gasteiger charge is -2.18. The van der Waals surface area contributed by atoms with Gasteiger partial charge in [0.15, 0.2) is 0 Å². The topological polar surface area (TPSA) is 38.9 Å². The van der Waals surface area contributed by atoms with Crippen LogP contribution in [0.25, 0.3) is 10.9 Å². The first-order valence-electron chi connectivity index (χ1n) is 6.84. The van der Waals surface area contributed by atoms with Gasteiger partial charge in [0.1, 0.15) is 0 Å². The molecule has 3 rings (SSSR count). The predicted octanol–water partition coefficient (Wildman–Crippen LogP) is 3.90. The number of rotatable bonds is 2. The van der Waals surface area contributed by atoms with E-state index in [1.54, 1.807) is 0 Å². The molecule has 0 radical (unpaired) electrons. The Bertz CT molecular complexity index is 757. The van der Waals surface area contributed by atoms with Crippen molar-refractivity contribution in [2.24, 2.45) is 5.73 Å². The summed E-state index contributed by atoms with van der Waals surface area (Å²) in [4.78, 5) is 4.40. The minimum Gasteiger partial charge on any atom is -0.320 e. The van der Waals surface area contributed by atoms with Gasteiger partial charge in [-0.2, -0.15) is 0 Å². The van der Waals surface area contributed by atoms with Crippen LogP contribution < -0.4 is 5.73 Å². The molecule has 1 unspecified atom stereocenters. The number of nitrogens with two attached hydrogens (primary N) is 1. The van der Waals surface area contributed by atoms with E-state index >= 15 is 0 Å². The number of aryl methyl sites for hydroxylation is 1. The highest BCUT2D eigenvalue weighted by Crippen LogP contribution is 2.29. The Kier molecular flexibility index (Phi) is 3.25. The summed E-state index contributed by atoms with van der Waals surface area (Å²) in [5.41, 5.74) is 12.4. The van der Waals surface area contributed by atoms with Crippen LogP contribution in [-0.4, -0.2) is 4.98 Å². The fourth-order valence-corrected chi connectivity index (χ4v) is 2.68. The van der Waals surface area contributed by atoms with Gasteiger partial charge in [0.2, 0.25) is 0 Å². The SMILES string of the molecule is Cc1cccc(C(N)c2cccc3ncccc23)c1C. The number of pyridine rings is 1. The Morgan fingerprint density at radius 3 is 2.50 bits per heavy atom. The van der Waals surface area contributed by atoms with Gasteiger partial charge in [0.05, 0.1) is 11.6 Å². The lowest BCUT2D eigenvalue weighted by atomic mass is 9.91. The molecule has 1 aromatic heterocycles. The van der Waals surface area contributed by atoms with Crippen molar-refractivity contribution < 1.29 is 0 Å². The summed E-state index contributed by atoms with van der Waals surface area (Å²) in [6, 6.07) is 16.4. The van der Waals surface area contributed by atoms with E-state index in [0.717, 1.165) is 16.5 Å². The summed E-state index contributed by atoms with van der Waals surface area (Å²) in [7, 11) is 0. The normalized spacial score (nSPS) is 12.6. The Hall–Kier alpha value is -2.19. The molecule has 3 aromatic rings. The zero-order valence-corrected chi connectivity index (χ0v) is 11.8. The average Bonchev–Trinajstić information content (AvgIpc) is 2.49. The first kappa shape index (κ1) is 12.8. The molecule has 100 valence electrons. The third-order valence-corrected chi connectivity index (χ3v) is 4.00. The Labute approximate surface area is 119 Å². The van der Waals surface area contributed by atoms with E-state index in [-0.39, 0.29) is 6.04 Å². The van der Waals surface area contributed by atoms with Gasteiger partial charge in [-0.3, -0.25) is 4.98 Å². The van der Waals surface area contributed by atoms with Gasteiger partial charge in [-0.05, 0) is 48.2 Å². The lowest BCUT2D eigenvalue weighted by Crippen LogP contribution is -2.14. The molecule has 0 amide bonds. The van der Waals surface area contributed by atoms with Crippen LogP contribution in [0.3, 0.4) is 0 Å². The summed E-state index contributed by atoms with van der Waals surface area (Å²) in [5.74, 6) is 0. The van der Waals surface area contributed by atoms with Crippen molar-refractivity contribution in [3.63, 3.8) is 0 Å². The van der Waals surface area contributed by atoms with Gasteiger partial charge in [-0.15, -0.1) is 0 Å². The van der Waals surface area contributed by atoms with Crippen molar-refractivity contribution >= 4 is 10.9 Å². The number of aromatic nitrogens is 1. The molecule has 0 saturated carbocycles. The van der Waals surface area contributed by atoms with Crippen LogP contribution in [-0.2, 0) is 0 Å². The highest BCUT2D eigenvalue weighted by Gasteiger charge is 2.14. The van der Waals surface area contributed by atoms with Crippen molar-refractivity contribution in [3.8, 4) is 0 Å². The molecular weight excluding hydrogens is 244 g/mol. The number of nitrogens with zero attached hydrogens (tertiary/aromatic N) is 1. The highest BCUT2D eigenvalue weighted by atomic mass is 14.7. The standard InChI is InChI=1S/C18H18N2/c1-12-6-3-7-14(13(12)2)18(19)16-8-4-10-17-15(16)9-5-11-20-17/h3-11,18H,19H2,1-2H3. The number of hydrogen-bond acceptors (Lipinski definition) is 2. The third kappa shape index (κ3) is 2.08. The van der Waals surface area contributed by atoms with Crippen molar-refractivity contribution in [1.29, 1.82) is 0 Å². The third-order valence-electron chi connectivity index (χ3n) is 4.00. The molecule has 0 saturated heterocycles. The molecule has 0 aliphatic carbocycles. The van der Waals surface area contributed by atoms with Crippen LogP contribution in [0.1, 0.15) is 28.3 Å². The molecule has 0 fully saturated rings. The second kappa shape index (κ2) is 5.06. The molecule has 1 atom stereocenters. The van der Waals surface area contributed by atoms with Crippen LogP contribution in [0.4, 0.5) is 0 Å². The molecule has 20 heavy (non-hydrogen) atoms. The Balaban J connectivity index is 2.18. The molecule has 2 aromatic carbocycles. The van der Waals surface area contributed by atoms with Crippen LogP contribution in [0.2, 0.25) is 0 Å². The first-order valence-corrected chi connectivity index (χ1v) is 6.84. The van der Waals surface area contributed by atoms with E-state index < -0.39 is 0 Å². The number of hydrogen-bond donors (Lipinski definition) is 1. The van der Waals surface area contributed by atoms with E-state index in [4.69, 9.17) is 5.73 Å². The van der Waals surface area contributed by atoms with Gasteiger partial charge in [-0.1, -0.05) is 36.4 Å². The molecule has 2 N–H and O–H groups in total. The van der Waals surface area contributed by atoms with E-state index in [1.807, 2.05) is 24.4 Å². The van der Waals surface area contributed by atoms with Gasteiger partial charge < -0.3 is 5.73 Å². The van der Waals surface area contributed by atoms with Crippen LogP contribution in [0.15, 0.2) is 54.7 Å². The number of benzene rings is 2. The maximum Gasteiger partial charge on any atom is 0.0705 e. The zero-order chi connectivity index (χ0) is 14.1. The first-order chi connectivity index (χ1) is 9.68. The lowest BCUT2D eigenvalue weighted by molar-refractivity contribution is 0.867. The van der Waals surface area contributed by atoms with E-state index in [0.29, 0.717) is 0 Å². The fourth-order valence-electron chi connectivity index (χ4n) is 2.68. The van der Waals surface area contributed by atoms with Gasteiger partial charge in [-0.25, -0.2) is 0 Å². The summed E-state index contributed by atoms with van der Waals surface area (Å²) in [5, 5.41) is 1.13. The second-order valence-electron chi connectivity index (χ2n) is 5.18. The minimum absolute atomic E-state index is 0.122. The average molecular weight is 262 g/mol. The highest BCUT2D eigenvalue weighted by molar-refractivity contribution is 5.83. The monoisotopic (exact) mass is 262 g/mol. The molecule has 0 aliphatic heterocycles. The number of fused-ring (bicyclic) bond motifs is 1. The van der Waals surface area contributed by atoms with Crippen molar-refractivity contribution in [1.82, 2.24) is 4.98 Å². The summed E-state index contributed by atoms with van der Waals surface area (Å²) in [6.45, 7) is 4.25. The second-order valence-corrected chi connectivity index (χ2v) is 5.18. The summed E-state index contributed by atoms with van der Waals surface area (Å²) in [6.07, 6.45) is 1.82. The molecule has 0 spiro atoms. The largest absolute Gasteiger partial charge is 0.320 e. The quantitative estimate of drug-likeness (QED) is 0.760. The van der Waals surface area contributed by atoms with E-state index in [1.165, 1.54) is 16.7 Å². The molecule has 2 heteroatoms. The molecule has 1 heterocycles. The predicted molar refractivity (Wildman–Crippen MR) is 83.7 cm³/mol. The maximum atomic E-state index is 6.52. The molecule has 2 nitrogen and oxygen atoms in total. The van der Waals surface area contributed by atoms with Gasteiger partial charge in [0, 0.05) is 11.6 Å². The summed E-state index contributed by atoms with van der Waals surface area (Å²) < 4.78 is 0. The van der Waals surface area contributed by atoms with Crippen LogP contribution in [0, 0.1) is 13.8 Å². The van der Waals surface area contributed by atoms with Crippen molar-refractivity contribution in [2.75, 3.05) is 0 Å². The molecule has 0 aliphatic rings. The fraction of sp³-hybridized carbons (Fsp3) is 0.167. The Morgan fingerprint density at radius 2 is 1.65 bits per heavy atom. The van der Waals surface area contributed by atoms with Crippen molar-refractivity contribution in [2.45, 2.75) is 19.9 Å². The van der Waals surface area contributed by atoms with Gasteiger partial charge in [0.25, 0.3) is 0 Å². The van der Waals surface area contributed by atoms with Crippen LogP contribution >= 0.6 is 0 Å². The van der Waals surface area contributed by atoms with E-state index in [2.05, 4.69) is 49.2 Å². The smallest absolute Gasteiger partial charge is 0.0705 e. The summed E-state index contributed by atoms with van der Waals surface area (Å²) >= 11 is 0. The molecule has 0 bridgehead atoms. The zero-order valence-electron chi connectivity index (χ0n) is 11.8. The van der Waals surface area contributed by atoms with Gasteiger partial charge >= 0.3 is 0 Å².